The molecule has 0 saturated heterocycles. The molecule has 0 fully saturated rings. The summed E-state index contributed by atoms with van der Waals surface area (Å²) in [6, 6.07) is 1.26. The van der Waals surface area contributed by atoms with Crippen LogP contribution in [0.2, 0.25) is 0 Å². The number of alkyl halides is 5. The van der Waals surface area contributed by atoms with E-state index in [1.54, 1.807) is 0 Å². The van der Waals surface area contributed by atoms with Crippen molar-refractivity contribution in [2.75, 3.05) is 0 Å². The molecule has 0 radical (unpaired) electrons. The van der Waals surface area contributed by atoms with E-state index in [0.29, 0.717) is 0 Å². The van der Waals surface area contributed by atoms with Gasteiger partial charge in [0.15, 0.2) is 5.69 Å². The number of carboxylic acids is 1. The van der Waals surface area contributed by atoms with Gasteiger partial charge in [0.05, 0.1) is 11.6 Å². The van der Waals surface area contributed by atoms with Crippen molar-refractivity contribution in [3.8, 4) is 6.07 Å². The van der Waals surface area contributed by atoms with Crippen molar-refractivity contribution in [3.05, 3.63) is 28.6 Å². The number of hydrogen-bond donors (Lipinski definition) is 1. The van der Waals surface area contributed by atoms with Crippen LogP contribution in [0.3, 0.4) is 0 Å². The minimum atomic E-state index is -5.17. The summed E-state index contributed by atoms with van der Waals surface area (Å²) in [4.78, 5) is 13.3. The van der Waals surface area contributed by atoms with Crippen LogP contribution in [-0.4, -0.2) is 16.1 Å². The summed E-state index contributed by atoms with van der Waals surface area (Å²) < 4.78 is 62.3. The molecule has 1 N–H and O–H groups in total. The summed E-state index contributed by atoms with van der Waals surface area (Å²) in [5.74, 6) is -2.14. The zero-order valence-electron chi connectivity index (χ0n) is 8.29. The number of nitriles is 1. The number of aromatic carboxylic acids is 1. The van der Waals surface area contributed by atoms with Crippen LogP contribution in [0, 0.1) is 11.3 Å². The molecule has 1 rings (SSSR count). The minimum Gasteiger partial charge on any atom is -0.476 e. The molecule has 0 aromatic carbocycles. The fourth-order valence-electron chi connectivity index (χ4n) is 1.21. The molecule has 0 spiro atoms. The molecule has 0 saturated carbocycles. The Hall–Kier alpha value is -2.24. The first kappa shape index (κ1) is 13.8. The maximum absolute atomic E-state index is 12.5. The Kier molecular flexibility index (Phi) is 3.50. The Bertz CT molecular complexity index is 533. The summed E-state index contributed by atoms with van der Waals surface area (Å²) in [6.07, 6.45) is -8.45. The number of halogens is 5. The molecule has 4 nitrogen and oxygen atoms in total. The highest BCUT2D eigenvalue weighted by atomic mass is 19.4. The van der Waals surface area contributed by atoms with Crippen molar-refractivity contribution < 1.29 is 31.9 Å². The van der Waals surface area contributed by atoms with E-state index in [1.165, 1.54) is 0 Å². The second-order valence-electron chi connectivity index (χ2n) is 3.03. The van der Waals surface area contributed by atoms with E-state index in [1.807, 2.05) is 0 Å². The fourth-order valence-corrected chi connectivity index (χ4v) is 1.21. The molecular formula is C9H3F5N2O2. The van der Waals surface area contributed by atoms with E-state index in [4.69, 9.17) is 10.4 Å². The number of pyridine rings is 1. The summed E-state index contributed by atoms with van der Waals surface area (Å²) in [7, 11) is 0. The fraction of sp³-hybridized carbons (Fsp3) is 0.222. The highest BCUT2D eigenvalue weighted by Gasteiger charge is 2.40. The predicted octanol–water partition coefficient (Wildman–Crippen LogP) is 2.61. The third-order valence-corrected chi connectivity index (χ3v) is 1.87. The van der Waals surface area contributed by atoms with Crippen LogP contribution in [0.15, 0.2) is 6.07 Å². The number of hydrogen-bond acceptors (Lipinski definition) is 3. The van der Waals surface area contributed by atoms with E-state index in [2.05, 4.69) is 4.98 Å². The second-order valence-corrected chi connectivity index (χ2v) is 3.03. The third-order valence-electron chi connectivity index (χ3n) is 1.87. The summed E-state index contributed by atoms with van der Waals surface area (Å²) in [5.41, 5.74) is -5.85. The van der Waals surface area contributed by atoms with Gasteiger partial charge in [-0.15, -0.1) is 0 Å². The Labute approximate surface area is 96.3 Å². The Morgan fingerprint density at radius 1 is 1.44 bits per heavy atom. The standard InChI is InChI=1S/C9H3F5N2O2/c10-7(11)4-1-3(2-15)5(9(12,13)14)6(16-4)8(17)18/h1,7H,(H,17,18). The molecule has 0 bridgehead atoms. The number of carboxylic acid groups (broad SMARTS) is 1. The normalized spacial score (nSPS) is 11.4. The van der Waals surface area contributed by atoms with Gasteiger partial charge < -0.3 is 5.11 Å². The van der Waals surface area contributed by atoms with E-state index in [9.17, 15) is 26.7 Å². The lowest BCUT2D eigenvalue weighted by Crippen LogP contribution is -2.18. The highest BCUT2D eigenvalue weighted by Crippen LogP contribution is 2.35. The first-order chi connectivity index (χ1) is 8.18. The van der Waals surface area contributed by atoms with Crippen LogP contribution in [0.4, 0.5) is 22.0 Å². The highest BCUT2D eigenvalue weighted by molar-refractivity contribution is 5.88. The summed E-state index contributed by atoms with van der Waals surface area (Å²) >= 11 is 0. The second kappa shape index (κ2) is 4.56. The molecule has 1 aromatic rings. The van der Waals surface area contributed by atoms with Crippen molar-refractivity contribution in [2.24, 2.45) is 0 Å². The maximum Gasteiger partial charge on any atom is 0.420 e. The van der Waals surface area contributed by atoms with Gasteiger partial charge in [0.1, 0.15) is 11.3 Å². The lowest BCUT2D eigenvalue weighted by molar-refractivity contribution is -0.138. The van der Waals surface area contributed by atoms with Crippen LogP contribution < -0.4 is 0 Å². The molecular weight excluding hydrogens is 263 g/mol. The Morgan fingerprint density at radius 3 is 2.33 bits per heavy atom. The molecule has 9 heteroatoms. The number of aromatic nitrogens is 1. The molecule has 1 heterocycles. The Balaban J connectivity index is 3.69. The molecule has 0 aliphatic carbocycles. The van der Waals surface area contributed by atoms with Crippen LogP contribution in [0.25, 0.3) is 0 Å². The third kappa shape index (κ3) is 2.53. The number of carbonyl (C=O) groups is 1. The van der Waals surface area contributed by atoms with E-state index < -0.39 is 41.1 Å². The van der Waals surface area contributed by atoms with Crippen LogP contribution in [0.1, 0.15) is 33.7 Å². The van der Waals surface area contributed by atoms with Gasteiger partial charge in [-0.1, -0.05) is 0 Å². The van der Waals surface area contributed by atoms with Crippen LogP contribution >= 0.6 is 0 Å². The van der Waals surface area contributed by atoms with E-state index in [-0.39, 0.29) is 6.07 Å². The van der Waals surface area contributed by atoms with Gasteiger partial charge in [0.2, 0.25) is 0 Å². The molecule has 0 unspecified atom stereocenters. The van der Waals surface area contributed by atoms with Gasteiger partial charge in [-0.05, 0) is 6.07 Å². The van der Waals surface area contributed by atoms with E-state index >= 15 is 0 Å². The number of rotatable bonds is 2. The van der Waals surface area contributed by atoms with Gasteiger partial charge in [-0.2, -0.15) is 18.4 Å². The monoisotopic (exact) mass is 266 g/mol. The molecule has 18 heavy (non-hydrogen) atoms. The number of nitrogens with zero attached hydrogens (tertiary/aromatic N) is 2. The van der Waals surface area contributed by atoms with Gasteiger partial charge in [0, 0.05) is 0 Å². The van der Waals surface area contributed by atoms with Gasteiger partial charge in [-0.3, -0.25) is 0 Å². The molecule has 0 atom stereocenters. The molecule has 0 aliphatic heterocycles. The quantitative estimate of drug-likeness (QED) is 0.835. The minimum absolute atomic E-state index is 0.222. The first-order valence-electron chi connectivity index (χ1n) is 4.22. The van der Waals surface area contributed by atoms with Gasteiger partial charge in [0.25, 0.3) is 6.43 Å². The lowest BCUT2D eigenvalue weighted by Gasteiger charge is -2.12. The molecule has 96 valence electrons. The zero-order chi connectivity index (χ0) is 14.1. The first-order valence-corrected chi connectivity index (χ1v) is 4.22. The van der Waals surface area contributed by atoms with Crippen molar-refractivity contribution in [1.82, 2.24) is 4.98 Å². The smallest absolute Gasteiger partial charge is 0.420 e. The van der Waals surface area contributed by atoms with Gasteiger partial charge >= 0.3 is 12.1 Å². The predicted molar refractivity (Wildman–Crippen MR) is 45.9 cm³/mol. The van der Waals surface area contributed by atoms with Crippen molar-refractivity contribution in [2.45, 2.75) is 12.6 Å². The lowest BCUT2D eigenvalue weighted by atomic mass is 10.1. The van der Waals surface area contributed by atoms with Crippen molar-refractivity contribution in [1.29, 1.82) is 5.26 Å². The summed E-state index contributed by atoms with van der Waals surface area (Å²) in [5, 5.41) is 17.0. The van der Waals surface area contributed by atoms with Crippen LogP contribution in [0.5, 0.6) is 0 Å². The van der Waals surface area contributed by atoms with Crippen molar-refractivity contribution >= 4 is 5.97 Å². The maximum atomic E-state index is 12.5. The molecule has 1 aromatic heterocycles. The van der Waals surface area contributed by atoms with Crippen molar-refractivity contribution in [3.63, 3.8) is 0 Å². The molecule has 0 amide bonds. The average molecular weight is 266 g/mol. The zero-order valence-corrected chi connectivity index (χ0v) is 8.29. The average Bonchev–Trinajstić information content (AvgIpc) is 2.25. The largest absolute Gasteiger partial charge is 0.476 e. The SMILES string of the molecule is N#Cc1cc(C(F)F)nc(C(=O)O)c1C(F)(F)F. The molecule has 0 aliphatic rings. The van der Waals surface area contributed by atoms with Gasteiger partial charge in [-0.25, -0.2) is 18.6 Å². The Morgan fingerprint density at radius 2 is 2.00 bits per heavy atom. The van der Waals surface area contributed by atoms with E-state index in [0.717, 1.165) is 6.07 Å². The topological polar surface area (TPSA) is 74.0 Å². The van der Waals surface area contributed by atoms with Crippen LogP contribution in [-0.2, 0) is 6.18 Å². The summed E-state index contributed by atoms with van der Waals surface area (Å²) in [6.45, 7) is 0.